The van der Waals surface area contributed by atoms with Crippen LogP contribution in [0.3, 0.4) is 0 Å². The third kappa shape index (κ3) is 3.36. The predicted octanol–water partition coefficient (Wildman–Crippen LogP) is -5.40. The molecule has 8 N–H and O–H groups in total. The van der Waals surface area contributed by atoms with Crippen LogP contribution < -0.4 is 0 Å². The number of hydrogen-bond donors (Lipinski definition) is 8. The van der Waals surface area contributed by atoms with Crippen LogP contribution in [0.15, 0.2) is 0 Å². The topological polar surface area (TPSA) is 190 Å². The van der Waals surface area contributed by atoms with E-state index in [1.54, 1.807) is 0 Å². The minimum absolute atomic E-state index is 0.669. The van der Waals surface area contributed by atoms with Gasteiger partial charge in [-0.25, -0.2) is 0 Å². The first-order chi connectivity index (χ1) is 10.8. The Kier molecular flexibility index (Phi) is 5.92. The summed E-state index contributed by atoms with van der Waals surface area (Å²) in [6, 6.07) is 0. The molecule has 11 heteroatoms. The van der Waals surface area contributed by atoms with E-state index < -0.39 is 74.6 Å². The van der Waals surface area contributed by atoms with Gasteiger partial charge in [0.1, 0.15) is 42.7 Å². The van der Waals surface area contributed by atoms with Crippen LogP contribution in [0.2, 0.25) is 0 Å². The lowest BCUT2D eigenvalue weighted by atomic mass is 9.99. The molecule has 0 aromatic heterocycles. The number of rotatable bonds is 5. The van der Waals surface area contributed by atoms with E-state index in [0.29, 0.717) is 0 Å². The van der Waals surface area contributed by atoms with Gasteiger partial charge in [0, 0.05) is 0 Å². The average molecular weight is 342 g/mol. The van der Waals surface area contributed by atoms with Crippen molar-refractivity contribution in [3.63, 3.8) is 0 Å². The average Bonchev–Trinajstić information content (AvgIpc) is 2.79. The van der Waals surface area contributed by atoms with Crippen molar-refractivity contribution in [2.75, 3.05) is 19.8 Å². The second-order valence-corrected chi connectivity index (χ2v) is 5.59. The molecule has 2 heterocycles. The predicted molar refractivity (Wildman–Crippen MR) is 68.6 cm³/mol. The van der Waals surface area contributed by atoms with Crippen LogP contribution in [0.4, 0.5) is 0 Å². The molecule has 2 aliphatic rings. The molecule has 2 aliphatic heterocycles. The van der Waals surface area contributed by atoms with Gasteiger partial charge >= 0.3 is 0 Å². The van der Waals surface area contributed by atoms with Gasteiger partial charge in [-0.05, 0) is 0 Å². The molecule has 0 spiro atoms. The van der Waals surface area contributed by atoms with Crippen LogP contribution in [0.1, 0.15) is 0 Å². The van der Waals surface area contributed by atoms with Crippen molar-refractivity contribution in [3.8, 4) is 0 Å². The van der Waals surface area contributed by atoms with Crippen LogP contribution in [0.5, 0.6) is 0 Å². The number of hydrogen-bond acceptors (Lipinski definition) is 11. The summed E-state index contributed by atoms with van der Waals surface area (Å²) in [6.45, 7) is -2.33. The summed E-state index contributed by atoms with van der Waals surface area (Å²) >= 11 is 0. The van der Waals surface area contributed by atoms with Crippen LogP contribution in [0, 0.1) is 0 Å². The van der Waals surface area contributed by atoms with Gasteiger partial charge in [-0.2, -0.15) is 0 Å². The van der Waals surface area contributed by atoms with Crippen LogP contribution in [-0.2, 0) is 14.2 Å². The van der Waals surface area contributed by atoms with E-state index in [9.17, 15) is 30.6 Å². The highest BCUT2D eigenvalue weighted by molar-refractivity contribution is 4.98. The summed E-state index contributed by atoms with van der Waals surface area (Å²) in [7, 11) is 0. The fourth-order valence-electron chi connectivity index (χ4n) is 2.64. The summed E-state index contributed by atoms with van der Waals surface area (Å²) in [4.78, 5) is 0. The molecular weight excluding hydrogens is 320 g/mol. The van der Waals surface area contributed by atoms with Gasteiger partial charge in [0.05, 0.1) is 19.8 Å². The Labute approximate surface area is 130 Å². The fraction of sp³-hybridized carbons (Fsp3) is 1.00. The first kappa shape index (κ1) is 18.9. The molecule has 11 nitrogen and oxygen atoms in total. The van der Waals surface area contributed by atoms with E-state index in [-0.39, 0.29) is 0 Å². The van der Waals surface area contributed by atoms with Crippen molar-refractivity contribution >= 4 is 0 Å². The molecule has 0 unspecified atom stereocenters. The van der Waals surface area contributed by atoms with Gasteiger partial charge in [-0.1, -0.05) is 0 Å². The van der Waals surface area contributed by atoms with Gasteiger partial charge in [0.25, 0.3) is 0 Å². The molecule has 0 radical (unpaired) electrons. The maximum Gasteiger partial charge on any atom is 0.219 e. The zero-order valence-electron chi connectivity index (χ0n) is 12.0. The lowest BCUT2D eigenvalue weighted by Crippen LogP contribution is -2.61. The molecule has 23 heavy (non-hydrogen) atoms. The maximum absolute atomic E-state index is 10.1. The third-order valence-electron chi connectivity index (χ3n) is 4.03. The Morgan fingerprint density at radius 1 is 0.826 bits per heavy atom. The molecular formula is C12H22O11. The van der Waals surface area contributed by atoms with Gasteiger partial charge in [0.15, 0.2) is 6.29 Å². The minimum Gasteiger partial charge on any atom is -0.394 e. The standard InChI is InChI=1S/C12H22O11/c13-1-4-6(16)8(18)9(19)11(21-4)22-10-7(17)5(2-14)23-12(10,20)3-15/h4-11,13-20H,1-3H2/t4-,5-,6-,7-,8+,9-,10+,11-,12+/m1/s1. The number of aliphatic hydroxyl groups is 8. The quantitative estimate of drug-likeness (QED) is 0.238. The summed E-state index contributed by atoms with van der Waals surface area (Å²) in [5.74, 6) is -2.37. The van der Waals surface area contributed by atoms with Gasteiger partial charge in [0.2, 0.25) is 5.79 Å². The number of ether oxygens (including phenoxy) is 3. The summed E-state index contributed by atoms with van der Waals surface area (Å²) in [5, 5.41) is 76.7. The first-order valence-corrected chi connectivity index (χ1v) is 7.05. The summed E-state index contributed by atoms with van der Waals surface area (Å²) in [5.41, 5.74) is 0. The molecule has 2 rings (SSSR count). The Bertz CT molecular complexity index is 393. The monoisotopic (exact) mass is 342 g/mol. The van der Waals surface area contributed by atoms with Crippen LogP contribution >= 0.6 is 0 Å². The molecule has 9 atom stereocenters. The van der Waals surface area contributed by atoms with Crippen molar-refractivity contribution in [1.29, 1.82) is 0 Å². The Hall–Kier alpha value is -0.440. The fourth-order valence-corrected chi connectivity index (χ4v) is 2.64. The summed E-state index contributed by atoms with van der Waals surface area (Å²) < 4.78 is 15.2. The molecule has 0 aliphatic carbocycles. The smallest absolute Gasteiger partial charge is 0.219 e. The van der Waals surface area contributed by atoms with Gasteiger partial charge in [-0.3, -0.25) is 0 Å². The highest BCUT2D eigenvalue weighted by atomic mass is 16.7. The van der Waals surface area contributed by atoms with Crippen molar-refractivity contribution in [2.45, 2.75) is 54.8 Å². The molecule has 0 saturated carbocycles. The molecule has 0 amide bonds. The zero-order chi connectivity index (χ0) is 17.4. The Morgan fingerprint density at radius 2 is 1.43 bits per heavy atom. The van der Waals surface area contributed by atoms with E-state index in [1.807, 2.05) is 0 Å². The Morgan fingerprint density at radius 3 is 1.96 bits per heavy atom. The van der Waals surface area contributed by atoms with Crippen molar-refractivity contribution in [3.05, 3.63) is 0 Å². The third-order valence-corrected chi connectivity index (χ3v) is 4.03. The van der Waals surface area contributed by atoms with Crippen LogP contribution in [-0.4, -0.2) is 115 Å². The van der Waals surface area contributed by atoms with Crippen LogP contribution in [0.25, 0.3) is 0 Å². The largest absolute Gasteiger partial charge is 0.394 e. The zero-order valence-corrected chi connectivity index (χ0v) is 12.0. The van der Waals surface area contributed by atoms with E-state index in [1.165, 1.54) is 0 Å². The van der Waals surface area contributed by atoms with E-state index in [4.69, 9.17) is 24.4 Å². The molecule has 0 aromatic carbocycles. The Balaban J connectivity index is 2.15. The lowest BCUT2D eigenvalue weighted by molar-refractivity contribution is -0.342. The van der Waals surface area contributed by atoms with Gasteiger partial charge < -0.3 is 55.1 Å². The maximum atomic E-state index is 10.1. The highest BCUT2D eigenvalue weighted by Gasteiger charge is 2.57. The van der Waals surface area contributed by atoms with E-state index in [0.717, 1.165) is 0 Å². The SMILES string of the molecule is OC[C@H]1O[C@@](O)(CO)[C@@H](O[C@H]2O[C@H](CO)[C@@H](O)[C@H](O)[C@H]2O)[C@@H]1O. The summed E-state index contributed by atoms with van der Waals surface area (Å²) in [6.07, 6.45) is -12.4. The lowest BCUT2D eigenvalue weighted by Gasteiger charge is -2.41. The molecule has 2 saturated heterocycles. The normalized spacial score (nSPS) is 51.1. The van der Waals surface area contributed by atoms with Crippen molar-refractivity contribution in [1.82, 2.24) is 0 Å². The van der Waals surface area contributed by atoms with E-state index in [2.05, 4.69) is 0 Å². The van der Waals surface area contributed by atoms with E-state index >= 15 is 0 Å². The second kappa shape index (κ2) is 7.21. The molecule has 136 valence electrons. The molecule has 0 aromatic rings. The highest BCUT2D eigenvalue weighted by Crippen LogP contribution is 2.34. The van der Waals surface area contributed by atoms with Crippen molar-refractivity contribution in [2.24, 2.45) is 0 Å². The first-order valence-electron chi connectivity index (χ1n) is 7.05. The number of aliphatic hydroxyl groups excluding tert-OH is 7. The second-order valence-electron chi connectivity index (χ2n) is 5.59. The van der Waals surface area contributed by atoms with Crippen molar-refractivity contribution < 1.29 is 55.1 Å². The minimum atomic E-state index is -2.37. The molecule has 0 bridgehead atoms. The van der Waals surface area contributed by atoms with Gasteiger partial charge in [-0.15, -0.1) is 0 Å². The molecule has 2 fully saturated rings.